The van der Waals surface area contributed by atoms with Gasteiger partial charge in [-0.1, -0.05) is 26.7 Å². The van der Waals surface area contributed by atoms with Crippen LogP contribution in [-0.2, 0) is 0 Å². The van der Waals surface area contributed by atoms with Crippen molar-refractivity contribution in [1.82, 2.24) is 10.7 Å². The quantitative estimate of drug-likeness (QED) is 0.205. The smallest absolute Gasteiger partial charge is 0.205 e. The Kier molecular flexibility index (Phi) is 5.47. The fourth-order valence-corrected chi connectivity index (χ4v) is 1.77. The molecule has 88 valence electrons. The predicted octanol–water partition coefficient (Wildman–Crippen LogP) is 1.38. The number of nitrogens with zero attached hydrogens (tertiary/aromatic N) is 1. The highest BCUT2D eigenvalue weighted by Crippen LogP contribution is 2.34. The highest BCUT2D eigenvalue weighted by molar-refractivity contribution is 5.79. The summed E-state index contributed by atoms with van der Waals surface area (Å²) < 4.78 is 0. The summed E-state index contributed by atoms with van der Waals surface area (Å²) in [5, 5.41) is 3.35. The van der Waals surface area contributed by atoms with E-state index >= 15 is 0 Å². The van der Waals surface area contributed by atoms with Gasteiger partial charge in [-0.3, -0.25) is 10.4 Å². The van der Waals surface area contributed by atoms with Crippen LogP contribution in [0.1, 0.15) is 46.0 Å². The summed E-state index contributed by atoms with van der Waals surface area (Å²) in [6, 6.07) is 0.598. The molecule has 0 spiro atoms. The molecule has 4 N–H and O–H groups in total. The zero-order valence-corrected chi connectivity index (χ0v) is 9.92. The van der Waals surface area contributed by atoms with Crippen LogP contribution in [0.5, 0.6) is 0 Å². The minimum Gasteiger partial charge on any atom is -0.352 e. The Labute approximate surface area is 92.7 Å². The van der Waals surface area contributed by atoms with E-state index in [9.17, 15) is 0 Å². The summed E-state index contributed by atoms with van der Waals surface area (Å²) >= 11 is 0. The summed E-state index contributed by atoms with van der Waals surface area (Å²) in [6.45, 7) is 5.25. The molecule has 0 heterocycles. The monoisotopic (exact) mass is 212 g/mol. The summed E-state index contributed by atoms with van der Waals surface area (Å²) in [4.78, 5) is 4.38. The van der Waals surface area contributed by atoms with Crippen molar-refractivity contribution < 1.29 is 0 Å². The van der Waals surface area contributed by atoms with Crippen LogP contribution in [0.2, 0.25) is 0 Å². The maximum absolute atomic E-state index is 5.41. The van der Waals surface area contributed by atoms with Gasteiger partial charge >= 0.3 is 0 Å². The number of aliphatic imine (C=N–C) groups is 1. The van der Waals surface area contributed by atoms with E-state index in [-0.39, 0.29) is 0 Å². The van der Waals surface area contributed by atoms with E-state index in [1.54, 1.807) is 0 Å². The van der Waals surface area contributed by atoms with Crippen LogP contribution in [-0.4, -0.2) is 18.5 Å². The normalized spacial score (nSPS) is 25.1. The Hall–Kier alpha value is -0.770. The molecule has 0 aromatic carbocycles. The molecule has 1 fully saturated rings. The lowest BCUT2D eigenvalue weighted by Crippen LogP contribution is -2.43. The predicted molar refractivity (Wildman–Crippen MR) is 64.5 cm³/mol. The van der Waals surface area contributed by atoms with Crippen molar-refractivity contribution in [3.05, 3.63) is 0 Å². The molecule has 0 aromatic heterocycles. The lowest BCUT2D eigenvalue weighted by molar-refractivity contribution is 0.655. The molecule has 0 radical (unpaired) electrons. The van der Waals surface area contributed by atoms with Crippen LogP contribution in [0.3, 0.4) is 0 Å². The van der Waals surface area contributed by atoms with Gasteiger partial charge in [0.05, 0.1) is 0 Å². The second-order valence-corrected chi connectivity index (χ2v) is 4.26. The third-order valence-electron chi connectivity index (χ3n) is 2.82. The topological polar surface area (TPSA) is 62.4 Å². The number of hydrazine groups is 1. The fraction of sp³-hybridized carbons (Fsp3) is 0.909. The van der Waals surface area contributed by atoms with Crippen molar-refractivity contribution >= 4 is 5.96 Å². The van der Waals surface area contributed by atoms with Crippen molar-refractivity contribution in [1.29, 1.82) is 0 Å². The first-order valence-electron chi connectivity index (χ1n) is 6.09. The lowest BCUT2D eigenvalue weighted by Gasteiger charge is -2.08. The fourth-order valence-electron chi connectivity index (χ4n) is 1.77. The largest absolute Gasteiger partial charge is 0.352 e. The van der Waals surface area contributed by atoms with Crippen molar-refractivity contribution in [2.75, 3.05) is 6.54 Å². The van der Waals surface area contributed by atoms with E-state index < -0.39 is 0 Å². The Morgan fingerprint density at radius 2 is 2.20 bits per heavy atom. The number of hydrogen-bond donors (Lipinski definition) is 3. The minimum absolute atomic E-state index is 0.598. The average molecular weight is 212 g/mol. The summed E-state index contributed by atoms with van der Waals surface area (Å²) in [5.74, 6) is 7.00. The zero-order valence-electron chi connectivity index (χ0n) is 9.92. The van der Waals surface area contributed by atoms with Crippen LogP contribution in [0.15, 0.2) is 4.99 Å². The molecular formula is C11H24N4. The molecule has 1 rings (SSSR count). The second-order valence-electron chi connectivity index (χ2n) is 4.26. The Bertz CT molecular complexity index is 203. The van der Waals surface area contributed by atoms with E-state index in [0.717, 1.165) is 24.8 Å². The molecule has 0 amide bonds. The number of hydrogen-bond acceptors (Lipinski definition) is 2. The molecule has 0 aliphatic heterocycles. The van der Waals surface area contributed by atoms with Crippen LogP contribution in [0, 0.1) is 5.92 Å². The highest BCUT2D eigenvalue weighted by atomic mass is 15.3. The first-order chi connectivity index (χ1) is 7.31. The van der Waals surface area contributed by atoms with Crippen molar-refractivity contribution in [3.8, 4) is 0 Å². The van der Waals surface area contributed by atoms with Gasteiger partial charge in [0.15, 0.2) is 0 Å². The molecule has 4 nitrogen and oxygen atoms in total. The number of unbranched alkanes of at least 4 members (excludes halogenated alkanes) is 1. The third-order valence-corrected chi connectivity index (χ3v) is 2.82. The number of guanidine groups is 1. The number of nitrogens with two attached hydrogens (primary N) is 1. The SMILES string of the molecule is CCCCN=C(NN)NC1CC1CCC. The van der Waals surface area contributed by atoms with Gasteiger partial charge in [0.25, 0.3) is 0 Å². The highest BCUT2D eigenvalue weighted by Gasteiger charge is 2.36. The third kappa shape index (κ3) is 4.51. The van der Waals surface area contributed by atoms with Gasteiger partial charge in [-0.25, -0.2) is 5.84 Å². The van der Waals surface area contributed by atoms with Gasteiger partial charge < -0.3 is 5.32 Å². The van der Waals surface area contributed by atoms with E-state index in [2.05, 4.69) is 29.6 Å². The summed E-state index contributed by atoms with van der Waals surface area (Å²) in [6.07, 6.45) is 6.13. The molecule has 1 aliphatic rings. The number of nitrogens with one attached hydrogen (secondary N) is 2. The van der Waals surface area contributed by atoms with Crippen LogP contribution >= 0.6 is 0 Å². The Balaban J connectivity index is 2.20. The molecule has 0 bridgehead atoms. The molecular weight excluding hydrogens is 188 g/mol. The van der Waals surface area contributed by atoms with Gasteiger partial charge in [0.1, 0.15) is 0 Å². The van der Waals surface area contributed by atoms with Gasteiger partial charge in [-0.2, -0.15) is 0 Å². The average Bonchev–Trinajstić information content (AvgIpc) is 2.96. The standard InChI is InChI=1S/C11H24N4/c1-3-5-7-13-11(15-12)14-10-8-9(10)6-4-2/h9-10H,3-8,12H2,1-2H3,(H2,13,14,15). The Morgan fingerprint density at radius 1 is 1.40 bits per heavy atom. The van der Waals surface area contributed by atoms with E-state index in [1.807, 2.05) is 0 Å². The first kappa shape index (κ1) is 12.3. The molecule has 4 heteroatoms. The van der Waals surface area contributed by atoms with Crippen LogP contribution in [0.4, 0.5) is 0 Å². The minimum atomic E-state index is 0.598. The molecule has 15 heavy (non-hydrogen) atoms. The maximum atomic E-state index is 5.41. The maximum Gasteiger partial charge on any atom is 0.205 e. The first-order valence-corrected chi connectivity index (χ1v) is 6.09. The van der Waals surface area contributed by atoms with Crippen molar-refractivity contribution in [2.24, 2.45) is 16.8 Å². The van der Waals surface area contributed by atoms with Crippen LogP contribution < -0.4 is 16.6 Å². The van der Waals surface area contributed by atoms with E-state index in [1.165, 1.54) is 25.7 Å². The van der Waals surface area contributed by atoms with E-state index in [4.69, 9.17) is 5.84 Å². The van der Waals surface area contributed by atoms with Crippen LogP contribution in [0.25, 0.3) is 0 Å². The Morgan fingerprint density at radius 3 is 2.80 bits per heavy atom. The number of rotatable bonds is 6. The van der Waals surface area contributed by atoms with Crippen molar-refractivity contribution in [2.45, 2.75) is 52.0 Å². The molecule has 2 unspecified atom stereocenters. The van der Waals surface area contributed by atoms with E-state index in [0.29, 0.717) is 6.04 Å². The molecule has 1 aliphatic carbocycles. The summed E-state index contributed by atoms with van der Waals surface area (Å²) in [7, 11) is 0. The van der Waals surface area contributed by atoms with Gasteiger partial charge in [0, 0.05) is 12.6 Å². The second kappa shape index (κ2) is 6.67. The molecule has 2 atom stereocenters. The molecule has 0 aromatic rings. The molecule has 1 saturated carbocycles. The van der Waals surface area contributed by atoms with Gasteiger partial charge in [-0.05, 0) is 25.2 Å². The van der Waals surface area contributed by atoms with Crippen molar-refractivity contribution in [3.63, 3.8) is 0 Å². The zero-order chi connectivity index (χ0) is 11.1. The lowest BCUT2D eigenvalue weighted by atomic mass is 10.2. The summed E-state index contributed by atoms with van der Waals surface area (Å²) in [5.41, 5.74) is 2.63. The van der Waals surface area contributed by atoms with Gasteiger partial charge in [0.2, 0.25) is 5.96 Å². The van der Waals surface area contributed by atoms with Gasteiger partial charge in [-0.15, -0.1) is 0 Å². The molecule has 0 saturated heterocycles.